The van der Waals surface area contributed by atoms with Crippen LogP contribution in [0.5, 0.6) is 0 Å². The minimum absolute atomic E-state index is 0.137. The number of rotatable bonds is 2. The molecule has 2 unspecified atom stereocenters. The average Bonchev–Trinajstić information content (AvgIpc) is 3.40. The number of hydrogen-bond donors (Lipinski definition) is 2. The fourth-order valence-corrected chi connectivity index (χ4v) is 8.58. The summed E-state index contributed by atoms with van der Waals surface area (Å²) in [6.45, 7) is 2.33. The van der Waals surface area contributed by atoms with Crippen molar-refractivity contribution in [1.82, 2.24) is 14.9 Å². The summed E-state index contributed by atoms with van der Waals surface area (Å²) in [4.78, 5) is 10.5. The largest absolute Gasteiger partial charge is 0.389 e. The van der Waals surface area contributed by atoms with Gasteiger partial charge in [0.15, 0.2) is 5.67 Å². The average molecular weight is 492 g/mol. The molecular formula is C29H34FN3O3. The van der Waals surface area contributed by atoms with Crippen molar-refractivity contribution in [3.63, 3.8) is 0 Å². The van der Waals surface area contributed by atoms with E-state index in [0.29, 0.717) is 12.8 Å². The molecule has 2 bridgehead atoms. The molecule has 2 aromatic rings. The molecular weight excluding hydrogens is 457 g/mol. The van der Waals surface area contributed by atoms with Crippen LogP contribution in [0, 0.1) is 11.3 Å². The summed E-state index contributed by atoms with van der Waals surface area (Å²) < 4.78 is 23.9. The summed E-state index contributed by atoms with van der Waals surface area (Å²) in [7, 11) is 3.75. The van der Waals surface area contributed by atoms with Gasteiger partial charge in [-0.2, -0.15) is 0 Å². The summed E-state index contributed by atoms with van der Waals surface area (Å²) in [5, 5.41) is 22.9. The van der Waals surface area contributed by atoms with Crippen molar-refractivity contribution in [2.45, 2.75) is 80.6 Å². The third kappa shape index (κ3) is 2.65. The van der Waals surface area contributed by atoms with Crippen LogP contribution in [0.3, 0.4) is 0 Å². The number of aromatic nitrogens is 2. The Balaban J connectivity index is 1.29. The monoisotopic (exact) mass is 491 g/mol. The van der Waals surface area contributed by atoms with E-state index in [4.69, 9.17) is 4.74 Å². The zero-order valence-corrected chi connectivity index (χ0v) is 21.1. The number of benzene rings is 1. The van der Waals surface area contributed by atoms with E-state index in [1.54, 1.807) is 6.33 Å². The lowest BCUT2D eigenvalue weighted by molar-refractivity contribution is -0.282. The number of allylic oxidation sites excluding steroid dienone is 3. The molecule has 2 aliphatic heterocycles. The van der Waals surface area contributed by atoms with Gasteiger partial charge >= 0.3 is 0 Å². The van der Waals surface area contributed by atoms with Crippen LogP contribution in [-0.4, -0.2) is 74.3 Å². The first-order valence-corrected chi connectivity index (χ1v) is 13.2. The number of nitrogens with zero attached hydrogens (tertiary/aromatic N) is 3. The normalized spacial score (nSPS) is 45.2. The molecule has 2 saturated heterocycles. The van der Waals surface area contributed by atoms with Crippen molar-refractivity contribution in [3.8, 4) is 0 Å². The van der Waals surface area contributed by atoms with Gasteiger partial charge in [0.1, 0.15) is 18.0 Å². The maximum atomic E-state index is 16.9. The third-order valence-electron chi connectivity index (χ3n) is 10.5. The quantitative estimate of drug-likeness (QED) is 0.622. The summed E-state index contributed by atoms with van der Waals surface area (Å²) in [5.41, 5.74) is 0.682. The van der Waals surface area contributed by atoms with Crippen molar-refractivity contribution in [2.75, 3.05) is 14.1 Å². The predicted octanol–water partition coefficient (Wildman–Crippen LogP) is 3.83. The second-order valence-electron chi connectivity index (χ2n) is 12.2. The summed E-state index contributed by atoms with van der Waals surface area (Å²) in [5.74, 6) is 0.202. The van der Waals surface area contributed by atoms with Gasteiger partial charge in [-0.15, -0.1) is 0 Å². The van der Waals surface area contributed by atoms with E-state index < -0.39 is 29.1 Å². The molecule has 1 aromatic carbocycles. The van der Waals surface area contributed by atoms with E-state index in [-0.39, 0.29) is 23.8 Å². The van der Waals surface area contributed by atoms with E-state index in [1.165, 1.54) is 11.1 Å². The number of hydrogen-bond acceptors (Lipinski definition) is 6. The Kier molecular flexibility index (Phi) is 4.61. The van der Waals surface area contributed by atoms with Gasteiger partial charge in [-0.25, -0.2) is 14.4 Å². The predicted molar refractivity (Wildman–Crippen MR) is 135 cm³/mol. The van der Waals surface area contributed by atoms with Crippen LogP contribution in [0.15, 0.2) is 48.4 Å². The van der Waals surface area contributed by atoms with Crippen LogP contribution in [0.25, 0.3) is 16.5 Å². The van der Waals surface area contributed by atoms with E-state index in [2.05, 4.69) is 47.2 Å². The smallest absolute Gasteiger partial charge is 0.171 e. The van der Waals surface area contributed by atoms with Gasteiger partial charge in [0.05, 0.1) is 17.2 Å². The highest BCUT2D eigenvalue weighted by molar-refractivity contribution is 5.84. The second kappa shape index (κ2) is 7.22. The Labute approximate surface area is 210 Å². The van der Waals surface area contributed by atoms with Crippen LogP contribution >= 0.6 is 0 Å². The summed E-state index contributed by atoms with van der Waals surface area (Å²) >= 11 is 0. The molecule has 1 aromatic heterocycles. The minimum Gasteiger partial charge on any atom is -0.389 e. The zero-order valence-electron chi connectivity index (χ0n) is 21.1. The molecule has 7 heteroatoms. The lowest BCUT2D eigenvalue weighted by Crippen LogP contribution is -2.73. The fourth-order valence-electron chi connectivity index (χ4n) is 8.58. The molecule has 1 saturated carbocycles. The van der Waals surface area contributed by atoms with Crippen molar-refractivity contribution < 1.29 is 19.3 Å². The lowest BCUT2D eigenvalue weighted by atomic mass is 9.56. The third-order valence-corrected chi connectivity index (χ3v) is 10.5. The second-order valence-corrected chi connectivity index (χ2v) is 12.2. The Morgan fingerprint density at radius 1 is 1.17 bits per heavy atom. The van der Waals surface area contributed by atoms with Gasteiger partial charge in [0.2, 0.25) is 0 Å². The molecule has 6 nitrogen and oxygen atoms in total. The summed E-state index contributed by atoms with van der Waals surface area (Å²) in [6, 6.07) is 6.03. The molecule has 7 rings (SSSR count). The zero-order chi connectivity index (χ0) is 25.1. The number of alkyl halides is 1. The van der Waals surface area contributed by atoms with Crippen LogP contribution in [0.4, 0.5) is 4.39 Å². The number of aliphatic hydroxyl groups excluding tert-OH is 2. The lowest BCUT2D eigenvalue weighted by Gasteiger charge is -2.61. The molecule has 36 heavy (non-hydrogen) atoms. The van der Waals surface area contributed by atoms with Crippen molar-refractivity contribution in [2.24, 2.45) is 11.3 Å². The molecule has 0 amide bonds. The van der Waals surface area contributed by atoms with Gasteiger partial charge in [-0.1, -0.05) is 25.1 Å². The topological polar surface area (TPSA) is 78.7 Å². The first-order chi connectivity index (χ1) is 17.1. The van der Waals surface area contributed by atoms with E-state index in [9.17, 15) is 10.2 Å². The highest BCUT2D eigenvalue weighted by Gasteiger charge is 2.76. The van der Waals surface area contributed by atoms with Crippen molar-refractivity contribution in [1.29, 1.82) is 0 Å². The number of aliphatic hydroxyl groups is 2. The van der Waals surface area contributed by atoms with Crippen LogP contribution in [-0.2, 0) is 4.74 Å². The van der Waals surface area contributed by atoms with E-state index >= 15 is 4.39 Å². The van der Waals surface area contributed by atoms with Crippen molar-refractivity contribution >= 4 is 16.5 Å². The number of halogens is 1. The molecule has 190 valence electrons. The Hall–Kier alpha value is -2.19. The standard InChI is InChI=1S/C29H34FN3O3/c1-26-9-8-19-13-29(30)25(35)24(34)22(33(2)3)14-27(29)10-11-28(19,36-27)23(26)7-5-20(26)17-4-6-21-18(12-17)15-31-16-32-21/h4-6,8,12,15-16,22-25,34-35H,7,9-11,13-14H2,1-3H3/t22-,23?,24+,25-,26+,27+,28+,29?/m0/s1. The SMILES string of the molecule is CN(C)[C@H]1C[C@@]23CC[C@@]4(O2)C(=CC[C@]2(C)C(c5ccc6ncncc6c5)=CCC24)CC3(F)[C@@H](O)[C@@H]1O. The molecule has 3 fully saturated rings. The van der Waals surface area contributed by atoms with Gasteiger partial charge < -0.3 is 19.8 Å². The van der Waals surface area contributed by atoms with Crippen molar-refractivity contribution in [3.05, 3.63) is 54.0 Å². The number of fused-ring (bicyclic) bond motifs is 2. The molecule has 2 spiro atoms. The number of ether oxygens (including phenoxy) is 1. The fraction of sp³-hybridized carbons (Fsp3) is 0.586. The van der Waals surface area contributed by atoms with Gasteiger partial charge in [0, 0.05) is 35.4 Å². The molecule has 3 aliphatic carbocycles. The maximum Gasteiger partial charge on any atom is 0.171 e. The Morgan fingerprint density at radius 3 is 2.81 bits per heavy atom. The minimum atomic E-state index is -1.98. The molecule has 0 radical (unpaired) electrons. The Bertz CT molecular complexity index is 1330. The Morgan fingerprint density at radius 2 is 2.00 bits per heavy atom. The van der Waals surface area contributed by atoms with E-state index in [0.717, 1.165) is 35.7 Å². The molecule has 8 atom stereocenters. The first kappa shape index (κ1) is 23.0. The van der Waals surface area contributed by atoms with Crippen LogP contribution in [0.2, 0.25) is 0 Å². The van der Waals surface area contributed by atoms with Gasteiger partial charge in [-0.05, 0) is 75.0 Å². The molecule has 2 N–H and O–H groups in total. The molecule has 3 heterocycles. The van der Waals surface area contributed by atoms with Crippen LogP contribution < -0.4 is 0 Å². The first-order valence-electron chi connectivity index (χ1n) is 13.2. The van der Waals surface area contributed by atoms with Gasteiger partial charge in [-0.3, -0.25) is 0 Å². The summed E-state index contributed by atoms with van der Waals surface area (Å²) in [6.07, 6.45) is 8.88. The van der Waals surface area contributed by atoms with Gasteiger partial charge in [0.25, 0.3) is 0 Å². The molecule has 5 aliphatic rings. The maximum absolute atomic E-state index is 16.9. The highest BCUT2D eigenvalue weighted by atomic mass is 19.1. The highest BCUT2D eigenvalue weighted by Crippen LogP contribution is 2.70. The van der Waals surface area contributed by atoms with Crippen LogP contribution in [0.1, 0.15) is 51.0 Å². The number of likely N-dealkylation sites (N-methyl/N-ethyl adjacent to an activating group) is 1. The van der Waals surface area contributed by atoms with E-state index in [1.807, 2.05) is 25.2 Å².